The number of benzene rings is 1. The van der Waals surface area contributed by atoms with Crippen molar-refractivity contribution >= 4 is 5.97 Å². The van der Waals surface area contributed by atoms with Gasteiger partial charge in [-0.1, -0.05) is 6.07 Å². The highest BCUT2D eigenvalue weighted by molar-refractivity contribution is 5.85. The van der Waals surface area contributed by atoms with Crippen molar-refractivity contribution in [2.24, 2.45) is 0 Å². The molecule has 1 N–H and O–H groups in total. The van der Waals surface area contributed by atoms with Gasteiger partial charge >= 0.3 is 5.97 Å². The van der Waals surface area contributed by atoms with Crippen molar-refractivity contribution in [1.82, 2.24) is 4.98 Å². The molecular weight excluding hydrogens is 237 g/mol. The number of nitrogens with zero attached hydrogens (tertiary/aromatic N) is 1. The number of hydrogen-bond acceptors (Lipinski definition) is 3. The number of carbonyl (C=O) groups is 1. The third-order valence-corrected chi connectivity index (χ3v) is 2.33. The van der Waals surface area contributed by atoms with Crippen LogP contribution in [0.1, 0.15) is 16.1 Å². The van der Waals surface area contributed by atoms with Gasteiger partial charge in [-0.3, -0.25) is 0 Å². The Hall–Kier alpha value is -2.43. The van der Waals surface area contributed by atoms with Crippen LogP contribution in [0.5, 0.6) is 11.5 Å². The molecule has 2 rings (SSSR count). The largest absolute Gasteiger partial charge is 0.477 e. The van der Waals surface area contributed by atoms with Crippen LogP contribution in [0.2, 0.25) is 0 Å². The molecule has 0 amide bonds. The summed E-state index contributed by atoms with van der Waals surface area (Å²) in [6.45, 7) is 1.65. The van der Waals surface area contributed by atoms with Crippen LogP contribution in [0, 0.1) is 12.7 Å². The Morgan fingerprint density at radius 3 is 2.67 bits per heavy atom. The molecule has 18 heavy (non-hydrogen) atoms. The molecule has 1 aromatic carbocycles. The quantitative estimate of drug-likeness (QED) is 0.905. The molecule has 92 valence electrons. The van der Waals surface area contributed by atoms with E-state index in [2.05, 4.69) is 4.98 Å². The van der Waals surface area contributed by atoms with Crippen LogP contribution in [-0.4, -0.2) is 16.1 Å². The summed E-state index contributed by atoms with van der Waals surface area (Å²) in [6.07, 6.45) is 1.32. The molecule has 0 atom stereocenters. The maximum Gasteiger partial charge on any atom is 0.354 e. The van der Waals surface area contributed by atoms with Gasteiger partial charge in [0.15, 0.2) is 5.69 Å². The summed E-state index contributed by atoms with van der Waals surface area (Å²) in [5.41, 5.74) is 0.392. The first-order valence-corrected chi connectivity index (χ1v) is 5.19. The zero-order valence-corrected chi connectivity index (χ0v) is 9.55. The van der Waals surface area contributed by atoms with E-state index in [9.17, 15) is 9.18 Å². The lowest BCUT2D eigenvalue weighted by Gasteiger charge is -2.06. The van der Waals surface area contributed by atoms with Crippen LogP contribution in [0.4, 0.5) is 4.39 Å². The number of halogens is 1. The second-order valence-electron chi connectivity index (χ2n) is 3.69. The maximum absolute atomic E-state index is 13.3. The van der Waals surface area contributed by atoms with Crippen LogP contribution >= 0.6 is 0 Å². The molecule has 0 fully saturated rings. The van der Waals surface area contributed by atoms with Gasteiger partial charge in [0, 0.05) is 18.3 Å². The van der Waals surface area contributed by atoms with Crippen molar-refractivity contribution in [1.29, 1.82) is 0 Å². The Morgan fingerprint density at radius 2 is 2.00 bits per heavy atom. The van der Waals surface area contributed by atoms with Crippen LogP contribution < -0.4 is 4.74 Å². The molecule has 0 aliphatic carbocycles. The lowest BCUT2D eigenvalue weighted by molar-refractivity contribution is 0.0690. The second kappa shape index (κ2) is 4.83. The minimum absolute atomic E-state index is 0.125. The highest BCUT2D eigenvalue weighted by Gasteiger charge is 2.07. The van der Waals surface area contributed by atoms with E-state index in [0.29, 0.717) is 17.1 Å². The van der Waals surface area contributed by atoms with E-state index in [1.807, 2.05) is 0 Å². The van der Waals surface area contributed by atoms with E-state index in [-0.39, 0.29) is 11.5 Å². The van der Waals surface area contributed by atoms with Crippen molar-refractivity contribution in [2.45, 2.75) is 6.92 Å². The van der Waals surface area contributed by atoms with E-state index in [4.69, 9.17) is 9.84 Å². The van der Waals surface area contributed by atoms with E-state index >= 15 is 0 Å². The number of carboxylic acid groups (broad SMARTS) is 1. The smallest absolute Gasteiger partial charge is 0.354 e. The number of rotatable bonds is 3. The zero-order chi connectivity index (χ0) is 13.1. The van der Waals surface area contributed by atoms with Gasteiger partial charge in [-0.2, -0.15) is 0 Å². The predicted molar refractivity (Wildman–Crippen MR) is 62.4 cm³/mol. The topological polar surface area (TPSA) is 59.4 Å². The highest BCUT2D eigenvalue weighted by atomic mass is 19.1. The third-order valence-electron chi connectivity index (χ3n) is 2.33. The number of aryl methyl sites for hydroxylation is 1. The van der Waals surface area contributed by atoms with Gasteiger partial charge in [-0.15, -0.1) is 0 Å². The van der Waals surface area contributed by atoms with Crippen molar-refractivity contribution in [3.05, 3.63) is 53.6 Å². The summed E-state index contributed by atoms with van der Waals surface area (Å²) in [5.74, 6) is -0.915. The number of aromatic nitrogens is 1. The SMILES string of the molecule is Cc1ccc(Oc2ccnc(C(=O)O)c2)cc1F. The molecule has 1 heterocycles. The van der Waals surface area contributed by atoms with Gasteiger partial charge in [0.05, 0.1) is 0 Å². The number of aromatic carboxylic acids is 1. The number of ether oxygens (including phenoxy) is 1. The molecule has 0 radical (unpaired) electrons. The van der Waals surface area contributed by atoms with E-state index in [1.165, 1.54) is 24.4 Å². The van der Waals surface area contributed by atoms with Gasteiger partial charge < -0.3 is 9.84 Å². The Balaban J connectivity index is 2.25. The van der Waals surface area contributed by atoms with Gasteiger partial charge in [-0.05, 0) is 24.6 Å². The van der Waals surface area contributed by atoms with E-state index in [1.54, 1.807) is 19.1 Å². The maximum atomic E-state index is 13.3. The molecule has 0 spiro atoms. The van der Waals surface area contributed by atoms with Crippen molar-refractivity contribution in [3.63, 3.8) is 0 Å². The first kappa shape index (κ1) is 12.0. The average molecular weight is 247 g/mol. The Bertz CT molecular complexity index is 599. The normalized spacial score (nSPS) is 10.1. The fourth-order valence-electron chi connectivity index (χ4n) is 1.36. The Kier molecular flexibility index (Phi) is 3.23. The zero-order valence-electron chi connectivity index (χ0n) is 9.55. The molecule has 0 unspecified atom stereocenters. The summed E-state index contributed by atoms with van der Waals surface area (Å²) in [5, 5.41) is 8.78. The minimum atomic E-state index is -1.14. The standard InChI is InChI=1S/C13H10FNO3/c1-8-2-3-9(6-11(8)14)18-10-4-5-15-12(7-10)13(16)17/h2-7H,1H3,(H,16,17). The molecule has 1 aromatic heterocycles. The van der Waals surface area contributed by atoms with E-state index < -0.39 is 5.97 Å². The third kappa shape index (κ3) is 2.63. The Labute approximate surface area is 103 Å². The molecule has 4 nitrogen and oxygen atoms in total. The van der Waals surface area contributed by atoms with Crippen LogP contribution in [0.15, 0.2) is 36.5 Å². The molecule has 0 aliphatic heterocycles. The first-order chi connectivity index (χ1) is 8.56. The van der Waals surface area contributed by atoms with E-state index in [0.717, 1.165) is 0 Å². The predicted octanol–water partition coefficient (Wildman–Crippen LogP) is 3.02. The molecule has 2 aromatic rings. The summed E-state index contributed by atoms with van der Waals surface area (Å²) in [4.78, 5) is 14.4. The van der Waals surface area contributed by atoms with Gasteiger partial charge in [0.25, 0.3) is 0 Å². The first-order valence-electron chi connectivity index (χ1n) is 5.19. The average Bonchev–Trinajstić information content (AvgIpc) is 2.34. The number of pyridine rings is 1. The lowest BCUT2D eigenvalue weighted by atomic mass is 10.2. The number of carboxylic acids is 1. The van der Waals surface area contributed by atoms with Crippen LogP contribution in [0.25, 0.3) is 0 Å². The molecular formula is C13H10FNO3. The number of hydrogen-bond donors (Lipinski definition) is 1. The van der Waals surface area contributed by atoms with Crippen LogP contribution in [0.3, 0.4) is 0 Å². The van der Waals surface area contributed by atoms with Crippen LogP contribution in [-0.2, 0) is 0 Å². The summed E-state index contributed by atoms with van der Waals surface area (Å²) in [6, 6.07) is 7.23. The fourth-order valence-corrected chi connectivity index (χ4v) is 1.36. The molecule has 0 aliphatic rings. The Morgan fingerprint density at radius 1 is 1.28 bits per heavy atom. The molecule has 5 heteroatoms. The van der Waals surface area contributed by atoms with Gasteiger partial charge in [0.1, 0.15) is 17.3 Å². The van der Waals surface area contributed by atoms with Crippen molar-refractivity contribution < 1.29 is 19.0 Å². The van der Waals surface area contributed by atoms with Gasteiger partial charge in [-0.25, -0.2) is 14.2 Å². The summed E-state index contributed by atoms with van der Waals surface area (Å²) in [7, 11) is 0. The summed E-state index contributed by atoms with van der Waals surface area (Å²) < 4.78 is 18.7. The second-order valence-corrected chi connectivity index (χ2v) is 3.69. The molecule has 0 bridgehead atoms. The monoisotopic (exact) mass is 247 g/mol. The highest BCUT2D eigenvalue weighted by Crippen LogP contribution is 2.23. The molecule has 0 saturated carbocycles. The minimum Gasteiger partial charge on any atom is -0.477 e. The summed E-state index contributed by atoms with van der Waals surface area (Å²) >= 11 is 0. The lowest BCUT2D eigenvalue weighted by Crippen LogP contribution is -1.99. The molecule has 0 saturated heterocycles. The van der Waals surface area contributed by atoms with Crippen molar-refractivity contribution in [3.8, 4) is 11.5 Å². The van der Waals surface area contributed by atoms with Gasteiger partial charge in [0.2, 0.25) is 0 Å². The fraction of sp³-hybridized carbons (Fsp3) is 0.0769. The van der Waals surface area contributed by atoms with Crippen molar-refractivity contribution in [2.75, 3.05) is 0 Å².